The fraction of sp³-hybridized carbons (Fsp3) is 0.150. The summed E-state index contributed by atoms with van der Waals surface area (Å²) in [6.07, 6.45) is 1.77. The maximum Gasteiger partial charge on any atom is 0.335 e. The van der Waals surface area contributed by atoms with Crippen molar-refractivity contribution in [1.29, 1.82) is 0 Å². The smallest absolute Gasteiger partial charge is 0.335 e. The average Bonchev–Trinajstić information content (AvgIpc) is 2.92. The zero-order valence-corrected chi connectivity index (χ0v) is 17.6. The normalized spacial score (nSPS) is 16.8. The highest BCUT2D eigenvalue weighted by atomic mass is 79.9. The Morgan fingerprint density at radius 2 is 2.11 bits per heavy atom. The van der Waals surface area contributed by atoms with Crippen molar-refractivity contribution in [2.45, 2.75) is 6.92 Å². The van der Waals surface area contributed by atoms with E-state index in [0.717, 1.165) is 10.0 Å². The van der Waals surface area contributed by atoms with Crippen molar-refractivity contribution >= 4 is 56.5 Å². The van der Waals surface area contributed by atoms with Gasteiger partial charge in [-0.2, -0.15) is 0 Å². The number of hydrogen-bond acceptors (Lipinski definition) is 5. The molecule has 3 rings (SSSR count). The standard InChI is InChI=1S/C20H17BrN2O4S/c1-3-27-16-8-7-14(21)9-13(16)11-17-18(24)23(2)20(28-17)22-15-6-4-5-12(10-15)19(25)26/h4-11H,3H2,1-2H3,(H,25,26). The van der Waals surface area contributed by atoms with E-state index < -0.39 is 5.97 Å². The molecule has 1 fully saturated rings. The minimum absolute atomic E-state index is 0.144. The number of ether oxygens (including phenoxy) is 1. The predicted octanol–water partition coefficient (Wildman–Crippen LogP) is 4.78. The Kier molecular flexibility index (Phi) is 6.21. The number of benzene rings is 2. The van der Waals surface area contributed by atoms with Crippen LogP contribution in [0.5, 0.6) is 5.75 Å². The maximum atomic E-state index is 12.6. The summed E-state index contributed by atoms with van der Waals surface area (Å²) in [5.74, 6) is -0.515. The highest BCUT2D eigenvalue weighted by Crippen LogP contribution is 2.35. The summed E-state index contributed by atoms with van der Waals surface area (Å²) in [5, 5.41) is 9.60. The van der Waals surface area contributed by atoms with Gasteiger partial charge in [-0.15, -0.1) is 0 Å². The van der Waals surface area contributed by atoms with Crippen molar-refractivity contribution in [2.75, 3.05) is 13.7 Å². The van der Waals surface area contributed by atoms with E-state index in [1.165, 1.54) is 28.8 Å². The Bertz CT molecular complexity index is 1000. The highest BCUT2D eigenvalue weighted by Gasteiger charge is 2.30. The molecule has 1 amide bonds. The summed E-state index contributed by atoms with van der Waals surface area (Å²) in [7, 11) is 1.64. The quantitative estimate of drug-likeness (QED) is 0.649. The fourth-order valence-corrected chi connectivity index (χ4v) is 3.89. The lowest BCUT2D eigenvalue weighted by Crippen LogP contribution is -2.23. The first-order valence-corrected chi connectivity index (χ1v) is 10.0. The van der Waals surface area contributed by atoms with Gasteiger partial charge in [-0.05, 0) is 61.2 Å². The van der Waals surface area contributed by atoms with Crippen LogP contribution in [-0.4, -0.2) is 40.7 Å². The second-order valence-corrected chi connectivity index (χ2v) is 7.76. The first-order valence-electron chi connectivity index (χ1n) is 8.41. The summed E-state index contributed by atoms with van der Waals surface area (Å²) in [6, 6.07) is 11.9. The molecule has 0 unspecified atom stereocenters. The lowest BCUT2D eigenvalue weighted by molar-refractivity contribution is -0.121. The van der Waals surface area contributed by atoms with Gasteiger partial charge < -0.3 is 9.84 Å². The van der Waals surface area contributed by atoms with Gasteiger partial charge in [-0.1, -0.05) is 22.0 Å². The van der Waals surface area contributed by atoms with Crippen LogP contribution in [0, 0.1) is 0 Å². The van der Waals surface area contributed by atoms with E-state index in [4.69, 9.17) is 9.84 Å². The second-order valence-electron chi connectivity index (χ2n) is 5.84. The monoisotopic (exact) mass is 460 g/mol. The molecule has 1 aliphatic rings. The van der Waals surface area contributed by atoms with E-state index in [9.17, 15) is 9.59 Å². The van der Waals surface area contributed by atoms with Crippen LogP contribution >= 0.6 is 27.7 Å². The molecule has 0 radical (unpaired) electrons. The molecular formula is C20H17BrN2O4S. The van der Waals surface area contributed by atoms with Crippen LogP contribution in [0.4, 0.5) is 5.69 Å². The van der Waals surface area contributed by atoms with Crippen molar-refractivity contribution in [3.63, 3.8) is 0 Å². The molecule has 1 saturated heterocycles. The number of amides is 1. The molecule has 0 spiro atoms. The third kappa shape index (κ3) is 4.45. The van der Waals surface area contributed by atoms with Gasteiger partial charge in [-0.25, -0.2) is 9.79 Å². The Morgan fingerprint density at radius 1 is 1.32 bits per heavy atom. The van der Waals surface area contributed by atoms with Crippen molar-refractivity contribution in [1.82, 2.24) is 4.90 Å². The van der Waals surface area contributed by atoms with Crippen LogP contribution in [0.1, 0.15) is 22.8 Å². The number of aliphatic imine (C=N–C) groups is 1. The zero-order chi connectivity index (χ0) is 20.3. The molecule has 0 saturated carbocycles. The molecule has 0 aromatic heterocycles. The van der Waals surface area contributed by atoms with Crippen LogP contribution in [0.2, 0.25) is 0 Å². The number of nitrogens with zero attached hydrogens (tertiary/aromatic N) is 2. The van der Waals surface area contributed by atoms with Gasteiger partial charge in [0.25, 0.3) is 5.91 Å². The molecule has 8 heteroatoms. The third-order valence-corrected chi connectivity index (χ3v) is 5.43. The van der Waals surface area contributed by atoms with E-state index >= 15 is 0 Å². The highest BCUT2D eigenvalue weighted by molar-refractivity contribution is 9.10. The maximum absolute atomic E-state index is 12.6. The fourth-order valence-electron chi connectivity index (χ4n) is 2.53. The van der Waals surface area contributed by atoms with Gasteiger partial charge in [0.1, 0.15) is 5.75 Å². The van der Waals surface area contributed by atoms with Gasteiger partial charge in [0.05, 0.1) is 22.8 Å². The summed E-state index contributed by atoms with van der Waals surface area (Å²) in [6.45, 7) is 2.42. The molecular weight excluding hydrogens is 444 g/mol. The third-order valence-electron chi connectivity index (χ3n) is 3.88. The lowest BCUT2D eigenvalue weighted by atomic mass is 10.2. The first-order chi connectivity index (χ1) is 13.4. The summed E-state index contributed by atoms with van der Waals surface area (Å²) in [4.78, 5) is 30.2. The molecule has 0 bridgehead atoms. The van der Waals surface area contributed by atoms with E-state index in [-0.39, 0.29) is 11.5 Å². The molecule has 28 heavy (non-hydrogen) atoms. The van der Waals surface area contributed by atoms with Gasteiger partial charge in [0.15, 0.2) is 5.17 Å². The van der Waals surface area contributed by atoms with Crippen molar-refractivity contribution in [3.05, 3.63) is 63.0 Å². The Labute approximate surface area is 175 Å². The summed E-state index contributed by atoms with van der Waals surface area (Å²) < 4.78 is 6.52. The van der Waals surface area contributed by atoms with Crippen molar-refractivity contribution in [2.24, 2.45) is 4.99 Å². The average molecular weight is 461 g/mol. The van der Waals surface area contributed by atoms with Gasteiger partial charge in [-0.3, -0.25) is 9.69 Å². The summed E-state index contributed by atoms with van der Waals surface area (Å²) in [5.41, 5.74) is 1.40. The molecule has 6 nitrogen and oxygen atoms in total. The number of carbonyl (C=O) groups is 2. The molecule has 1 N–H and O–H groups in total. The number of hydrogen-bond donors (Lipinski definition) is 1. The van der Waals surface area contributed by atoms with Crippen LogP contribution in [0.3, 0.4) is 0 Å². The number of carboxylic acid groups (broad SMARTS) is 1. The number of likely N-dealkylation sites (N-methyl/N-ethyl adjacent to an activating group) is 1. The minimum atomic E-state index is -1.02. The molecule has 1 aliphatic heterocycles. The van der Waals surface area contributed by atoms with Gasteiger partial charge in [0, 0.05) is 17.1 Å². The molecule has 1 heterocycles. The van der Waals surface area contributed by atoms with Gasteiger partial charge in [0.2, 0.25) is 0 Å². The van der Waals surface area contributed by atoms with E-state index in [0.29, 0.717) is 28.1 Å². The van der Waals surface area contributed by atoms with E-state index in [1.807, 2.05) is 25.1 Å². The SMILES string of the molecule is CCOc1ccc(Br)cc1C=C1SC(=Nc2cccc(C(=O)O)c2)N(C)C1=O. The van der Waals surface area contributed by atoms with Crippen molar-refractivity contribution in [3.8, 4) is 5.75 Å². The number of carboxylic acids is 1. The molecule has 2 aromatic rings. The van der Waals surface area contributed by atoms with Crippen molar-refractivity contribution < 1.29 is 19.4 Å². The number of rotatable bonds is 5. The van der Waals surface area contributed by atoms with E-state index in [1.54, 1.807) is 25.3 Å². The number of thioether (sulfide) groups is 1. The molecule has 144 valence electrons. The lowest BCUT2D eigenvalue weighted by Gasteiger charge is -2.08. The number of aromatic carboxylic acids is 1. The Hall–Kier alpha value is -2.58. The predicted molar refractivity (Wildman–Crippen MR) is 114 cm³/mol. The molecule has 0 atom stereocenters. The van der Waals surface area contributed by atoms with Crippen LogP contribution in [-0.2, 0) is 4.79 Å². The second kappa shape index (κ2) is 8.62. The number of carbonyl (C=O) groups excluding carboxylic acids is 1. The van der Waals surface area contributed by atoms with Crippen LogP contribution in [0.25, 0.3) is 6.08 Å². The van der Waals surface area contributed by atoms with Gasteiger partial charge >= 0.3 is 5.97 Å². The summed E-state index contributed by atoms with van der Waals surface area (Å²) >= 11 is 4.67. The topological polar surface area (TPSA) is 79.2 Å². The Morgan fingerprint density at radius 3 is 2.82 bits per heavy atom. The molecule has 0 aliphatic carbocycles. The largest absolute Gasteiger partial charge is 0.493 e. The molecule has 2 aromatic carbocycles. The Balaban J connectivity index is 1.94. The van der Waals surface area contributed by atoms with E-state index in [2.05, 4.69) is 20.9 Å². The van der Waals surface area contributed by atoms with Crippen LogP contribution < -0.4 is 4.74 Å². The zero-order valence-electron chi connectivity index (χ0n) is 15.2. The first kappa shape index (κ1) is 20.2. The van der Waals surface area contributed by atoms with Crippen LogP contribution in [0.15, 0.2) is 56.8 Å². The number of halogens is 1. The minimum Gasteiger partial charge on any atom is -0.493 e. The number of amidine groups is 1.